The molecule has 3 rings (SSSR count). The fraction of sp³-hybridized carbons (Fsp3) is 0.650. The van der Waals surface area contributed by atoms with Gasteiger partial charge in [-0.05, 0) is 69.0 Å². The largest absolute Gasteiger partial charge is 0.343 e. The van der Waals surface area contributed by atoms with Crippen molar-refractivity contribution in [2.45, 2.75) is 50.9 Å². The van der Waals surface area contributed by atoms with E-state index in [-0.39, 0.29) is 0 Å². The van der Waals surface area contributed by atoms with E-state index in [0.29, 0.717) is 11.8 Å². The monoisotopic (exact) mass is 314 g/mol. The average molecular weight is 314 g/mol. The molecule has 1 aromatic rings. The molecule has 1 N–H and O–H groups in total. The predicted octanol–water partition coefficient (Wildman–Crippen LogP) is 3.56. The number of hydrogen-bond acceptors (Lipinski definition) is 2. The minimum Gasteiger partial charge on any atom is -0.343 e. The maximum Gasteiger partial charge on any atom is 0.222 e. The van der Waals surface area contributed by atoms with Crippen LogP contribution < -0.4 is 5.32 Å². The van der Waals surface area contributed by atoms with Crippen LogP contribution in [0, 0.1) is 5.92 Å². The van der Waals surface area contributed by atoms with Gasteiger partial charge in [-0.2, -0.15) is 0 Å². The summed E-state index contributed by atoms with van der Waals surface area (Å²) in [6, 6.07) is 10.8. The van der Waals surface area contributed by atoms with Crippen LogP contribution in [0.2, 0.25) is 0 Å². The van der Waals surface area contributed by atoms with E-state index in [2.05, 4.69) is 40.5 Å². The summed E-state index contributed by atoms with van der Waals surface area (Å²) in [5.41, 5.74) is 1.44. The molecule has 1 aromatic carbocycles. The van der Waals surface area contributed by atoms with Crippen molar-refractivity contribution >= 4 is 5.91 Å². The molecule has 2 saturated heterocycles. The first kappa shape index (κ1) is 16.5. The standard InChI is InChI=1S/C20H30N2O/c23-20(9-8-17-10-13-21-14-11-17)22-15-4-7-19(12-16-22)18-5-2-1-3-6-18/h1-3,5-6,17,19,21H,4,7-16H2. The average Bonchev–Trinajstić information content (AvgIpc) is 2.87. The second-order valence-electron chi connectivity index (χ2n) is 7.15. The Morgan fingerprint density at radius 2 is 1.83 bits per heavy atom. The topological polar surface area (TPSA) is 32.3 Å². The number of amides is 1. The van der Waals surface area contributed by atoms with E-state index in [0.717, 1.165) is 57.8 Å². The van der Waals surface area contributed by atoms with Gasteiger partial charge in [-0.25, -0.2) is 0 Å². The second-order valence-corrected chi connectivity index (χ2v) is 7.15. The SMILES string of the molecule is O=C(CCC1CCNCC1)N1CCCC(c2ccccc2)CC1. The molecular formula is C20H30N2O. The fourth-order valence-corrected chi connectivity index (χ4v) is 4.06. The van der Waals surface area contributed by atoms with Crippen LogP contribution in [-0.2, 0) is 4.79 Å². The van der Waals surface area contributed by atoms with Gasteiger partial charge in [-0.15, -0.1) is 0 Å². The number of hydrogen-bond donors (Lipinski definition) is 1. The van der Waals surface area contributed by atoms with Crippen LogP contribution in [0.15, 0.2) is 30.3 Å². The Morgan fingerprint density at radius 3 is 2.61 bits per heavy atom. The lowest BCUT2D eigenvalue weighted by atomic mass is 9.92. The molecular weight excluding hydrogens is 284 g/mol. The van der Waals surface area contributed by atoms with Gasteiger partial charge in [0.15, 0.2) is 0 Å². The number of piperidine rings is 1. The molecule has 3 nitrogen and oxygen atoms in total. The molecule has 126 valence electrons. The summed E-state index contributed by atoms with van der Waals surface area (Å²) in [6.45, 7) is 4.14. The van der Waals surface area contributed by atoms with Gasteiger partial charge in [0.2, 0.25) is 5.91 Å². The minimum atomic E-state index is 0.386. The van der Waals surface area contributed by atoms with Crippen molar-refractivity contribution in [3.8, 4) is 0 Å². The molecule has 1 amide bonds. The number of benzene rings is 1. The number of carbonyl (C=O) groups excluding carboxylic acids is 1. The van der Waals surface area contributed by atoms with E-state index < -0.39 is 0 Å². The Hall–Kier alpha value is -1.35. The molecule has 2 heterocycles. The van der Waals surface area contributed by atoms with Crippen LogP contribution >= 0.6 is 0 Å². The molecule has 23 heavy (non-hydrogen) atoms. The summed E-state index contributed by atoms with van der Waals surface area (Å²) in [7, 11) is 0. The van der Waals surface area contributed by atoms with E-state index in [1.807, 2.05) is 0 Å². The van der Waals surface area contributed by atoms with E-state index in [1.54, 1.807) is 0 Å². The third-order valence-corrected chi connectivity index (χ3v) is 5.58. The van der Waals surface area contributed by atoms with Gasteiger partial charge >= 0.3 is 0 Å². The van der Waals surface area contributed by atoms with Gasteiger partial charge in [0.1, 0.15) is 0 Å². The Balaban J connectivity index is 1.46. The number of likely N-dealkylation sites (tertiary alicyclic amines) is 1. The van der Waals surface area contributed by atoms with Gasteiger partial charge in [-0.1, -0.05) is 30.3 Å². The predicted molar refractivity (Wildman–Crippen MR) is 94.4 cm³/mol. The molecule has 3 heteroatoms. The summed E-state index contributed by atoms with van der Waals surface area (Å²) in [4.78, 5) is 14.7. The summed E-state index contributed by atoms with van der Waals surface area (Å²) in [6.07, 6.45) is 7.77. The summed E-state index contributed by atoms with van der Waals surface area (Å²) in [5.74, 6) is 1.76. The van der Waals surface area contributed by atoms with E-state index in [9.17, 15) is 4.79 Å². The minimum absolute atomic E-state index is 0.386. The van der Waals surface area contributed by atoms with Crippen molar-refractivity contribution in [2.24, 2.45) is 5.92 Å². The molecule has 0 bridgehead atoms. The first-order valence-corrected chi connectivity index (χ1v) is 9.36. The molecule has 0 radical (unpaired) electrons. The lowest BCUT2D eigenvalue weighted by Gasteiger charge is -2.25. The molecule has 1 unspecified atom stereocenters. The maximum atomic E-state index is 12.5. The highest BCUT2D eigenvalue weighted by molar-refractivity contribution is 5.76. The van der Waals surface area contributed by atoms with Gasteiger partial charge in [-0.3, -0.25) is 4.79 Å². The van der Waals surface area contributed by atoms with Crippen molar-refractivity contribution in [2.75, 3.05) is 26.2 Å². The van der Waals surface area contributed by atoms with Crippen LogP contribution in [0.3, 0.4) is 0 Å². The highest BCUT2D eigenvalue weighted by Gasteiger charge is 2.22. The molecule has 0 aliphatic carbocycles. The van der Waals surface area contributed by atoms with Crippen molar-refractivity contribution in [1.82, 2.24) is 10.2 Å². The number of nitrogens with one attached hydrogen (secondary N) is 1. The summed E-state index contributed by atoms with van der Waals surface area (Å²) in [5, 5.41) is 3.40. The number of rotatable bonds is 4. The van der Waals surface area contributed by atoms with Crippen molar-refractivity contribution in [3.63, 3.8) is 0 Å². The van der Waals surface area contributed by atoms with Crippen molar-refractivity contribution < 1.29 is 4.79 Å². The Kier molecular flexibility index (Phi) is 6.09. The third-order valence-electron chi connectivity index (χ3n) is 5.58. The maximum absolute atomic E-state index is 12.5. The first-order valence-electron chi connectivity index (χ1n) is 9.36. The smallest absolute Gasteiger partial charge is 0.222 e. The van der Waals surface area contributed by atoms with Crippen LogP contribution in [0.1, 0.15) is 56.4 Å². The van der Waals surface area contributed by atoms with Crippen LogP contribution in [-0.4, -0.2) is 37.0 Å². The second kappa shape index (κ2) is 8.49. The Labute approximate surface area is 140 Å². The molecule has 1 atom stereocenters. The van der Waals surface area contributed by atoms with E-state index in [4.69, 9.17) is 0 Å². The Morgan fingerprint density at radius 1 is 1.04 bits per heavy atom. The van der Waals surface area contributed by atoms with Crippen LogP contribution in [0.4, 0.5) is 0 Å². The van der Waals surface area contributed by atoms with E-state index >= 15 is 0 Å². The highest BCUT2D eigenvalue weighted by atomic mass is 16.2. The zero-order chi connectivity index (χ0) is 15.9. The van der Waals surface area contributed by atoms with E-state index in [1.165, 1.54) is 24.8 Å². The summed E-state index contributed by atoms with van der Waals surface area (Å²) < 4.78 is 0. The zero-order valence-electron chi connectivity index (χ0n) is 14.2. The molecule has 0 saturated carbocycles. The van der Waals surface area contributed by atoms with Gasteiger partial charge < -0.3 is 10.2 Å². The number of carbonyl (C=O) groups is 1. The fourth-order valence-electron chi connectivity index (χ4n) is 4.06. The molecule has 2 aliphatic rings. The lowest BCUT2D eigenvalue weighted by molar-refractivity contribution is -0.131. The molecule has 2 aliphatic heterocycles. The molecule has 0 spiro atoms. The third kappa shape index (κ3) is 4.81. The quantitative estimate of drug-likeness (QED) is 0.921. The van der Waals surface area contributed by atoms with Crippen molar-refractivity contribution in [3.05, 3.63) is 35.9 Å². The summed E-state index contributed by atoms with van der Waals surface area (Å²) >= 11 is 0. The van der Waals surface area contributed by atoms with Crippen LogP contribution in [0.25, 0.3) is 0 Å². The lowest BCUT2D eigenvalue weighted by Crippen LogP contribution is -2.33. The normalized spacial score (nSPS) is 23.5. The Bertz CT molecular complexity index is 482. The zero-order valence-corrected chi connectivity index (χ0v) is 14.2. The molecule has 0 aromatic heterocycles. The highest BCUT2D eigenvalue weighted by Crippen LogP contribution is 2.28. The van der Waals surface area contributed by atoms with Crippen LogP contribution in [0.5, 0.6) is 0 Å². The first-order chi connectivity index (χ1) is 11.3. The van der Waals surface area contributed by atoms with Gasteiger partial charge in [0, 0.05) is 19.5 Å². The number of nitrogens with zero attached hydrogens (tertiary/aromatic N) is 1. The molecule has 2 fully saturated rings. The van der Waals surface area contributed by atoms with Crippen molar-refractivity contribution in [1.29, 1.82) is 0 Å². The van der Waals surface area contributed by atoms with Gasteiger partial charge in [0.05, 0.1) is 0 Å². The van der Waals surface area contributed by atoms with Gasteiger partial charge in [0.25, 0.3) is 0 Å².